The zero-order valence-corrected chi connectivity index (χ0v) is 8.15. The van der Waals surface area contributed by atoms with Crippen LogP contribution in [0.1, 0.15) is 10.7 Å². The molecule has 1 aromatic heterocycles. The molecule has 0 aromatic carbocycles. The van der Waals surface area contributed by atoms with Crippen molar-refractivity contribution in [3.05, 3.63) is 16.1 Å². The molecule has 0 radical (unpaired) electrons. The molecule has 0 bridgehead atoms. The first-order valence-electron chi connectivity index (χ1n) is 3.83. The lowest BCUT2D eigenvalue weighted by atomic mass is 10.4. The molecular weight excluding hydrogens is 184 g/mol. The van der Waals surface area contributed by atoms with E-state index in [1.54, 1.807) is 0 Å². The molecule has 4 heteroatoms. The maximum atomic E-state index is 11.1. The van der Waals surface area contributed by atoms with Gasteiger partial charge in [0.25, 0.3) is 0 Å². The van der Waals surface area contributed by atoms with Crippen molar-refractivity contribution >= 4 is 17.2 Å². The molecule has 1 heterocycles. The topological polar surface area (TPSA) is 42.0 Å². The van der Waals surface area contributed by atoms with Gasteiger partial charge >= 0.3 is 0 Å². The third kappa shape index (κ3) is 3.26. The first-order valence-corrected chi connectivity index (χ1v) is 4.71. The van der Waals surface area contributed by atoms with E-state index in [4.69, 9.17) is 6.42 Å². The van der Waals surface area contributed by atoms with Crippen molar-refractivity contribution in [2.24, 2.45) is 0 Å². The van der Waals surface area contributed by atoms with E-state index in [0.29, 0.717) is 6.42 Å². The first kappa shape index (κ1) is 9.75. The van der Waals surface area contributed by atoms with E-state index < -0.39 is 0 Å². The summed E-state index contributed by atoms with van der Waals surface area (Å²) >= 11 is 1.49. The monoisotopic (exact) mass is 194 g/mol. The van der Waals surface area contributed by atoms with Gasteiger partial charge in [0.2, 0.25) is 5.91 Å². The van der Waals surface area contributed by atoms with Gasteiger partial charge in [-0.15, -0.1) is 17.8 Å². The molecule has 1 N–H and O–H groups in total. The molecule has 1 rings (SSSR count). The highest BCUT2D eigenvalue weighted by Crippen LogP contribution is 2.08. The molecule has 0 aliphatic carbocycles. The minimum Gasteiger partial charge on any atom is -0.345 e. The van der Waals surface area contributed by atoms with Crippen LogP contribution in [0.4, 0.5) is 0 Å². The summed E-state index contributed by atoms with van der Waals surface area (Å²) in [5, 5.41) is 5.33. The minimum absolute atomic E-state index is 0.0766. The van der Waals surface area contributed by atoms with E-state index in [0.717, 1.165) is 10.7 Å². The lowest BCUT2D eigenvalue weighted by Crippen LogP contribution is -2.25. The summed E-state index contributed by atoms with van der Waals surface area (Å²) in [5.74, 6) is 2.26. The van der Waals surface area contributed by atoms with Crippen molar-refractivity contribution in [2.45, 2.75) is 13.3 Å². The second-order valence-corrected chi connectivity index (χ2v) is 3.48. The van der Waals surface area contributed by atoms with Crippen LogP contribution in [-0.4, -0.2) is 17.4 Å². The van der Waals surface area contributed by atoms with Crippen LogP contribution in [-0.2, 0) is 11.2 Å². The van der Waals surface area contributed by atoms with Gasteiger partial charge in [0.05, 0.1) is 13.0 Å². The molecule has 0 aliphatic heterocycles. The summed E-state index contributed by atoms with van der Waals surface area (Å²) in [4.78, 5) is 15.3. The van der Waals surface area contributed by atoms with E-state index >= 15 is 0 Å². The number of aryl methyl sites for hydroxylation is 1. The summed E-state index contributed by atoms with van der Waals surface area (Å²) in [6.45, 7) is 2.18. The summed E-state index contributed by atoms with van der Waals surface area (Å²) in [7, 11) is 0. The second-order valence-electron chi connectivity index (χ2n) is 2.54. The average Bonchev–Trinajstić information content (AvgIpc) is 2.48. The smallest absolute Gasteiger partial charge is 0.227 e. The third-order valence-electron chi connectivity index (χ3n) is 1.37. The minimum atomic E-state index is -0.0766. The fourth-order valence-electron chi connectivity index (χ4n) is 0.833. The lowest BCUT2D eigenvalue weighted by Gasteiger charge is -1.97. The first-order chi connectivity index (χ1) is 6.22. The van der Waals surface area contributed by atoms with Gasteiger partial charge in [-0.2, -0.15) is 0 Å². The predicted octanol–water partition coefficient (Wildman–Crippen LogP) is 0.743. The Balaban J connectivity index is 2.41. The number of carbonyl (C=O) groups excluding carboxylic acids is 1. The van der Waals surface area contributed by atoms with Gasteiger partial charge in [-0.3, -0.25) is 4.79 Å². The SMILES string of the molecule is C#CCNC(=O)Cc1nc(C)cs1. The highest BCUT2D eigenvalue weighted by Gasteiger charge is 2.04. The third-order valence-corrected chi connectivity index (χ3v) is 2.33. The van der Waals surface area contributed by atoms with E-state index in [-0.39, 0.29) is 12.5 Å². The van der Waals surface area contributed by atoms with Crippen molar-refractivity contribution in [3.8, 4) is 12.3 Å². The van der Waals surface area contributed by atoms with E-state index in [1.807, 2.05) is 12.3 Å². The van der Waals surface area contributed by atoms with E-state index in [2.05, 4.69) is 16.2 Å². The van der Waals surface area contributed by atoms with Gasteiger partial charge in [-0.25, -0.2) is 4.98 Å². The number of terminal acetylenes is 1. The Kier molecular flexibility index (Phi) is 3.47. The van der Waals surface area contributed by atoms with Gasteiger partial charge in [-0.1, -0.05) is 5.92 Å². The van der Waals surface area contributed by atoms with Crippen molar-refractivity contribution < 1.29 is 4.79 Å². The van der Waals surface area contributed by atoms with Crippen LogP contribution in [0.5, 0.6) is 0 Å². The van der Waals surface area contributed by atoms with Crippen LogP contribution < -0.4 is 5.32 Å². The number of amides is 1. The second kappa shape index (κ2) is 4.63. The molecule has 0 fully saturated rings. The lowest BCUT2D eigenvalue weighted by molar-refractivity contribution is -0.120. The van der Waals surface area contributed by atoms with Gasteiger partial charge in [0.1, 0.15) is 5.01 Å². The predicted molar refractivity (Wildman–Crippen MR) is 52.4 cm³/mol. The Hall–Kier alpha value is -1.34. The summed E-state index contributed by atoms with van der Waals surface area (Å²) in [5.41, 5.74) is 0.949. The normalized spacial score (nSPS) is 9.23. The van der Waals surface area contributed by atoms with E-state index in [1.165, 1.54) is 11.3 Å². The molecule has 0 spiro atoms. The van der Waals surface area contributed by atoms with Crippen LogP contribution in [0.15, 0.2) is 5.38 Å². The average molecular weight is 194 g/mol. The molecule has 1 aromatic rings. The van der Waals surface area contributed by atoms with Crippen LogP contribution in [0.25, 0.3) is 0 Å². The van der Waals surface area contributed by atoms with Gasteiger partial charge in [-0.05, 0) is 6.92 Å². The number of nitrogens with one attached hydrogen (secondary N) is 1. The molecule has 0 saturated carbocycles. The maximum absolute atomic E-state index is 11.1. The maximum Gasteiger partial charge on any atom is 0.227 e. The van der Waals surface area contributed by atoms with E-state index in [9.17, 15) is 4.79 Å². The molecule has 0 atom stereocenters. The molecule has 0 unspecified atom stereocenters. The van der Waals surface area contributed by atoms with Gasteiger partial charge < -0.3 is 5.32 Å². The zero-order chi connectivity index (χ0) is 9.68. The van der Waals surface area contributed by atoms with Crippen molar-refractivity contribution in [3.63, 3.8) is 0 Å². The molecule has 68 valence electrons. The number of rotatable bonds is 3. The summed E-state index contributed by atoms with van der Waals surface area (Å²) in [6, 6.07) is 0. The largest absolute Gasteiger partial charge is 0.345 e. The van der Waals surface area contributed by atoms with Crippen molar-refractivity contribution in [1.29, 1.82) is 0 Å². The van der Waals surface area contributed by atoms with Crippen LogP contribution >= 0.6 is 11.3 Å². The molecule has 3 nitrogen and oxygen atoms in total. The Morgan fingerprint density at radius 2 is 2.62 bits per heavy atom. The zero-order valence-electron chi connectivity index (χ0n) is 7.33. The quantitative estimate of drug-likeness (QED) is 0.721. The summed E-state index contributed by atoms with van der Waals surface area (Å²) < 4.78 is 0. The van der Waals surface area contributed by atoms with Crippen LogP contribution in [0, 0.1) is 19.3 Å². The summed E-state index contributed by atoms with van der Waals surface area (Å²) in [6.07, 6.45) is 5.32. The van der Waals surface area contributed by atoms with Crippen molar-refractivity contribution in [1.82, 2.24) is 10.3 Å². The number of hydrogen-bond donors (Lipinski definition) is 1. The Labute approximate surface area is 81.2 Å². The fraction of sp³-hybridized carbons (Fsp3) is 0.333. The highest BCUT2D eigenvalue weighted by molar-refractivity contribution is 7.09. The highest BCUT2D eigenvalue weighted by atomic mass is 32.1. The molecule has 13 heavy (non-hydrogen) atoms. The number of hydrogen-bond acceptors (Lipinski definition) is 3. The number of carbonyl (C=O) groups is 1. The Morgan fingerprint density at radius 1 is 1.85 bits per heavy atom. The molecule has 0 saturated heterocycles. The van der Waals surface area contributed by atoms with Crippen molar-refractivity contribution in [2.75, 3.05) is 6.54 Å². The van der Waals surface area contributed by atoms with Gasteiger partial charge in [0.15, 0.2) is 0 Å². The number of aromatic nitrogens is 1. The van der Waals surface area contributed by atoms with Crippen LogP contribution in [0.2, 0.25) is 0 Å². The molecule has 0 aliphatic rings. The fourth-order valence-corrected chi connectivity index (χ4v) is 1.60. The molecule has 1 amide bonds. The van der Waals surface area contributed by atoms with Gasteiger partial charge in [0, 0.05) is 11.1 Å². The van der Waals surface area contributed by atoms with Crippen LogP contribution in [0.3, 0.4) is 0 Å². The number of thiazole rings is 1. The Bertz CT molecular complexity index is 338. The standard InChI is InChI=1S/C9H10N2OS/c1-3-4-10-8(12)5-9-11-7(2)6-13-9/h1,6H,4-5H2,2H3,(H,10,12). The number of nitrogens with zero attached hydrogens (tertiary/aromatic N) is 1. The Morgan fingerprint density at radius 3 is 3.15 bits per heavy atom. The molecular formula is C9H10N2OS.